The Hall–Kier alpha value is -0.880. The molecule has 0 bridgehead atoms. The summed E-state index contributed by atoms with van der Waals surface area (Å²) in [6.07, 6.45) is 1.30. The predicted octanol–water partition coefficient (Wildman–Crippen LogP) is 0.431. The van der Waals surface area contributed by atoms with E-state index < -0.39 is 0 Å². The molecule has 0 heterocycles. The Morgan fingerprint density at radius 3 is 3.00 bits per heavy atom. The van der Waals surface area contributed by atoms with Crippen molar-refractivity contribution in [1.82, 2.24) is 0 Å². The minimum Gasteiger partial charge on any atom is -0.303 e. The molecule has 0 fully saturated rings. The van der Waals surface area contributed by atoms with E-state index in [4.69, 9.17) is 0 Å². The van der Waals surface area contributed by atoms with Gasteiger partial charge in [0, 0.05) is 6.42 Å². The van der Waals surface area contributed by atoms with Crippen LogP contribution in [0.15, 0.2) is 11.6 Å². The van der Waals surface area contributed by atoms with Crippen LogP contribution in [-0.2, 0) is 4.79 Å². The van der Waals surface area contributed by atoms with E-state index >= 15 is 0 Å². The van der Waals surface area contributed by atoms with E-state index in [1.54, 1.807) is 0 Å². The zero-order valence-electron chi connectivity index (χ0n) is 4.05. The summed E-state index contributed by atoms with van der Waals surface area (Å²) in [6, 6.07) is 0. The first-order chi connectivity index (χ1) is 3.41. The maximum atomic E-state index is 9.57. The van der Waals surface area contributed by atoms with Gasteiger partial charge in [0.2, 0.25) is 0 Å². The van der Waals surface area contributed by atoms with Gasteiger partial charge in [-0.05, 0) is 12.4 Å². The minimum atomic E-state index is 0.475. The molecule has 2 heteroatoms. The fourth-order valence-corrected chi connectivity index (χ4v) is 0.196. The molecule has 38 valence electrons. The molecule has 0 aliphatic carbocycles. The highest BCUT2D eigenvalue weighted by Crippen LogP contribution is 1.69. The first-order valence-electron chi connectivity index (χ1n) is 2.04. The molecule has 0 aromatic heterocycles. The average molecular weight is 97.1 g/mol. The van der Waals surface area contributed by atoms with E-state index in [0.29, 0.717) is 13.0 Å². The smallest absolute Gasteiger partial charge is 0.121 e. The number of hydrogen-bond acceptors (Lipinski definition) is 2. The number of aliphatic imine (C=N–C) groups is 1. The number of nitrogens with zero attached hydrogens (tertiary/aromatic N) is 1. The zero-order chi connectivity index (χ0) is 5.54. The quantitative estimate of drug-likeness (QED) is 0.285. The Labute approximate surface area is 42.6 Å². The van der Waals surface area contributed by atoms with Gasteiger partial charge in [0.25, 0.3) is 0 Å². The van der Waals surface area contributed by atoms with Crippen LogP contribution in [0.25, 0.3) is 0 Å². The second-order valence-corrected chi connectivity index (χ2v) is 0.995. The van der Waals surface area contributed by atoms with E-state index in [0.717, 1.165) is 6.29 Å². The Balaban J connectivity index is 2.97. The van der Waals surface area contributed by atoms with Gasteiger partial charge < -0.3 is 4.79 Å². The van der Waals surface area contributed by atoms with Crippen LogP contribution >= 0.6 is 0 Å². The van der Waals surface area contributed by atoms with Crippen LogP contribution < -0.4 is 0 Å². The average Bonchev–Trinajstić information content (AvgIpc) is 1.69. The highest BCUT2D eigenvalue weighted by molar-refractivity contribution is 5.51. The van der Waals surface area contributed by atoms with Crippen LogP contribution in [0.3, 0.4) is 0 Å². The van der Waals surface area contributed by atoms with Gasteiger partial charge in [0.15, 0.2) is 0 Å². The molecule has 0 rings (SSSR count). The van der Waals surface area contributed by atoms with Crippen molar-refractivity contribution in [2.75, 3.05) is 6.54 Å². The Kier molecular flexibility index (Phi) is 4.48. The molecule has 0 unspecified atom stereocenters. The van der Waals surface area contributed by atoms with Crippen molar-refractivity contribution in [2.45, 2.75) is 6.42 Å². The standard InChI is InChI=1S/C5H7NO/c1-2-6-4-3-5-7/h5H,1,3-4H2. The minimum absolute atomic E-state index is 0.475. The summed E-state index contributed by atoms with van der Waals surface area (Å²) in [5.41, 5.74) is 0. The molecular weight excluding hydrogens is 90.1 g/mol. The van der Waals surface area contributed by atoms with Crippen molar-refractivity contribution >= 4 is 12.2 Å². The molecular formula is C5H7NO. The van der Waals surface area contributed by atoms with Crippen LogP contribution in [0, 0.1) is 0 Å². The van der Waals surface area contributed by atoms with Gasteiger partial charge in [-0.3, -0.25) is 0 Å². The highest BCUT2D eigenvalue weighted by atomic mass is 16.1. The van der Waals surface area contributed by atoms with E-state index in [1.807, 2.05) is 0 Å². The maximum absolute atomic E-state index is 9.57. The van der Waals surface area contributed by atoms with Crippen LogP contribution in [0.4, 0.5) is 0 Å². The largest absolute Gasteiger partial charge is 0.303 e. The lowest BCUT2D eigenvalue weighted by atomic mass is 10.5. The lowest BCUT2D eigenvalue weighted by Gasteiger charge is -1.73. The second kappa shape index (κ2) is 5.12. The van der Waals surface area contributed by atoms with Crippen LogP contribution in [0.1, 0.15) is 6.42 Å². The molecule has 0 aromatic rings. The van der Waals surface area contributed by atoms with Crippen molar-refractivity contribution in [2.24, 2.45) is 4.99 Å². The fourth-order valence-electron chi connectivity index (χ4n) is 0.196. The molecule has 0 spiro atoms. The van der Waals surface area contributed by atoms with Crippen LogP contribution in [-0.4, -0.2) is 18.7 Å². The highest BCUT2D eigenvalue weighted by Gasteiger charge is 1.72. The summed E-state index contributed by atoms with van der Waals surface area (Å²) in [5, 5.41) is 0. The Morgan fingerprint density at radius 1 is 1.86 bits per heavy atom. The molecule has 0 atom stereocenters. The molecule has 0 N–H and O–H groups in total. The molecule has 0 saturated heterocycles. The fraction of sp³-hybridized carbons (Fsp3) is 0.400. The van der Waals surface area contributed by atoms with Crippen molar-refractivity contribution < 1.29 is 4.79 Å². The maximum Gasteiger partial charge on any atom is 0.121 e. The van der Waals surface area contributed by atoms with Crippen LogP contribution in [0.5, 0.6) is 0 Å². The van der Waals surface area contributed by atoms with Gasteiger partial charge in [-0.15, -0.1) is 0 Å². The summed E-state index contributed by atoms with van der Waals surface area (Å²) in [6.45, 7) is 3.75. The number of aldehydes is 1. The third-order valence-electron chi connectivity index (χ3n) is 0.471. The lowest BCUT2D eigenvalue weighted by molar-refractivity contribution is -0.107. The molecule has 0 radical (unpaired) electrons. The Morgan fingerprint density at radius 2 is 2.57 bits per heavy atom. The van der Waals surface area contributed by atoms with Gasteiger partial charge >= 0.3 is 0 Å². The molecule has 0 aliphatic rings. The van der Waals surface area contributed by atoms with Gasteiger partial charge in [0.1, 0.15) is 6.29 Å². The first kappa shape index (κ1) is 6.12. The SMILES string of the molecule is C=C=NCCC=O. The normalized spacial score (nSPS) is 6.86. The van der Waals surface area contributed by atoms with Crippen molar-refractivity contribution in [1.29, 1.82) is 0 Å². The molecule has 2 nitrogen and oxygen atoms in total. The molecule has 7 heavy (non-hydrogen) atoms. The van der Waals surface area contributed by atoms with Gasteiger partial charge in [-0.2, -0.15) is 0 Å². The summed E-state index contributed by atoms with van der Waals surface area (Å²) in [5.74, 6) is 2.32. The predicted molar refractivity (Wildman–Crippen MR) is 28.6 cm³/mol. The summed E-state index contributed by atoms with van der Waals surface area (Å²) in [4.78, 5) is 13.1. The van der Waals surface area contributed by atoms with E-state index in [2.05, 4.69) is 17.4 Å². The van der Waals surface area contributed by atoms with E-state index in [-0.39, 0.29) is 0 Å². The lowest BCUT2D eigenvalue weighted by Crippen LogP contribution is -1.77. The molecule has 0 aliphatic heterocycles. The third kappa shape index (κ3) is 5.12. The number of carbonyl (C=O) groups excluding carboxylic acids is 1. The van der Waals surface area contributed by atoms with E-state index in [1.165, 1.54) is 0 Å². The van der Waals surface area contributed by atoms with Crippen molar-refractivity contribution in [3.8, 4) is 0 Å². The number of rotatable bonds is 3. The van der Waals surface area contributed by atoms with Crippen molar-refractivity contribution in [3.63, 3.8) is 0 Å². The molecule has 0 amide bonds. The van der Waals surface area contributed by atoms with E-state index in [9.17, 15) is 4.79 Å². The van der Waals surface area contributed by atoms with Crippen molar-refractivity contribution in [3.05, 3.63) is 6.58 Å². The number of hydrogen-bond donors (Lipinski definition) is 0. The van der Waals surface area contributed by atoms with Gasteiger partial charge in [-0.1, -0.05) is 0 Å². The summed E-state index contributed by atoms with van der Waals surface area (Å²) >= 11 is 0. The van der Waals surface area contributed by atoms with Gasteiger partial charge in [-0.25, -0.2) is 4.99 Å². The summed E-state index contributed by atoms with van der Waals surface area (Å²) < 4.78 is 0. The molecule has 0 aromatic carbocycles. The molecule has 0 saturated carbocycles. The zero-order valence-corrected chi connectivity index (χ0v) is 4.05. The third-order valence-corrected chi connectivity index (χ3v) is 0.471. The first-order valence-corrected chi connectivity index (χ1v) is 2.04. The topological polar surface area (TPSA) is 29.4 Å². The summed E-state index contributed by atoms with van der Waals surface area (Å²) in [7, 11) is 0. The number of carbonyl (C=O) groups is 1. The second-order valence-electron chi connectivity index (χ2n) is 0.995. The monoisotopic (exact) mass is 97.1 g/mol. The van der Waals surface area contributed by atoms with Gasteiger partial charge in [0.05, 0.1) is 6.54 Å². The van der Waals surface area contributed by atoms with Crippen LogP contribution in [0.2, 0.25) is 0 Å². The Bertz CT molecular complexity index is 92.3.